The third-order valence-corrected chi connectivity index (χ3v) is 10.2. The summed E-state index contributed by atoms with van der Waals surface area (Å²) in [5.74, 6) is -1.23. The average Bonchev–Trinajstić information content (AvgIpc) is 3.36. The number of halogens is 3. The van der Waals surface area contributed by atoms with E-state index in [2.05, 4.69) is 10.3 Å². The second-order valence-corrected chi connectivity index (χ2v) is 13.5. The summed E-state index contributed by atoms with van der Waals surface area (Å²) in [6, 6.07) is 4.59. The number of carbonyl (C=O) groups is 1. The van der Waals surface area contributed by atoms with Gasteiger partial charge >= 0.3 is 6.01 Å². The summed E-state index contributed by atoms with van der Waals surface area (Å²) in [4.78, 5) is 26.7. The molecule has 4 aromatic rings. The number of piperidine rings is 1. The van der Waals surface area contributed by atoms with Crippen LogP contribution in [0.1, 0.15) is 24.8 Å². The molecule has 45 heavy (non-hydrogen) atoms. The van der Waals surface area contributed by atoms with Gasteiger partial charge in [0.15, 0.2) is 11.6 Å². The Kier molecular flexibility index (Phi) is 7.54. The lowest BCUT2D eigenvalue weighted by Gasteiger charge is -2.42. The molecular formula is C31H30ClF2N7O3S. The zero-order valence-corrected chi connectivity index (χ0v) is 26.2. The van der Waals surface area contributed by atoms with Crippen molar-refractivity contribution in [3.63, 3.8) is 0 Å². The normalized spacial score (nSPS) is 21.5. The van der Waals surface area contributed by atoms with E-state index < -0.39 is 11.6 Å². The number of nitrogen functional groups attached to an aromatic ring is 1. The van der Waals surface area contributed by atoms with Gasteiger partial charge in [-0.2, -0.15) is 15.2 Å². The number of benzene rings is 2. The SMILES string of the molecule is CN(C)CC1CNC(=O)C2CCC3CCOc4c(Cl)c(-c5ccc(F)c6sc(N)c(C#N)c56)c(F)c5nc(nc(c45)N3C2)OC1. The van der Waals surface area contributed by atoms with Crippen LogP contribution in [0.25, 0.3) is 32.1 Å². The fourth-order valence-corrected chi connectivity index (χ4v) is 8.04. The lowest BCUT2D eigenvalue weighted by Crippen LogP contribution is -2.50. The molecule has 3 aliphatic rings. The van der Waals surface area contributed by atoms with Crippen molar-refractivity contribution in [3.05, 3.63) is 34.4 Å². The molecule has 14 heteroatoms. The fourth-order valence-electron chi connectivity index (χ4n) is 6.76. The highest BCUT2D eigenvalue weighted by Gasteiger charge is 2.38. The van der Waals surface area contributed by atoms with Gasteiger partial charge < -0.3 is 30.3 Å². The molecule has 4 bridgehead atoms. The Hall–Kier alpha value is -3.99. The molecule has 1 saturated heterocycles. The molecule has 10 nitrogen and oxygen atoms in total. The Morgan fingerprint density at radius 1 is 1.22 bits per heavy atom. The number of hydrogen-bond donors (Lipinski definition) is 2. The molecule has 3 unspecified atom stereocenters. The van der Waals surface area contributed by atoms with E-state index in [1.807, 2.05) is 30.0 Å². The fraction of sp³-hybridized carbons (Fsp3) is 0.419. The van der Waals surface area contributed by atoms with Crippen LogP contribution in [-0.4, -0.2) is 73.8 Å². The summed E-state index contributed by atoms with van der Waals surface area (Å²) in [7, 11) is 3.88. The topological polar surface area (TPSA) is 130 Å². The third-order valence-electron chi connectivity index (χ3n) is 8.82. The van der Waals surface area contributed by atoms with Crippen LogP contribution < -0.4 is 25.4 Å². The number of fused-ring (bicyclic) bond motifs is 3. The first-order chi connectivity index (χ1) is 21.7. The van der Waals surface area contributed by atoms with E-state index in [9.17, 15) is 14.4 Å². The first-order valence-corrected chi connectivity index (χ1v) is 15.9. The van der Waals surface area contributed by atoms with Crippen molar-refractivity contribution in [3.8, 4) is 29.0 Å². The number of hydrogen-bond acceptors (Lipinski definition) is 10. The zero-order valence-electron chi connectivity index (χ0n) is 24.6. The van der Waals surface area contributed by atoms with Gasteiger partial charge in [0.2, 0.25) is 5.91 Å². The maximum Gasteiger partial charge on any atom is 0.319 e. The number of carbonyl (C=O) groups excluding carboxylic acids is 1. The van der Waals surface area contributed by atoms with Gasteiger partial charge in [0.05, 0.1) is 39.8 Å². The van der Waals surface area contributed by atoms with E-state index >= 15 is 4.39 Å². The predicted octanol–water partition coefficient (Wildman–Crippen LogP) is 4.95. The molecule has 1 fully saturated rings. The molecule has 2 aromatic heterocycles. The van der Waals surface area contributed by atoms with Crippen molar-refractivity contribution in [1.82, 2.24) is 20.2 Å². The second-order valence-electron chi connectivity index (χ2n) is 12.0. The third kappa shape index (κ3) is 4.95. The van der Waals surface area contributed by atoms with Crippen molar-refractivity contribution < 1.29 is 23.0 Å². The lowest BCUT2D eigenvalue weighted by molar-refractivity contribution is -0.125. The molecule has 1 amide bonds. The molecule has 0 aliphatic carbocycles. The smallest absolute Gasteiger partial charge is 0.319 e. The maximum atomic E-state index is 17.1. The molecule has 234 valence electrons. The van der Waals surface area contributed by atoms with E-state index in [0.717, 1.165) is 17.8 Å². The van der Waals surface area contributed by atoms with Gasteiger partial charge in [0.25, 0.3) is 0 Å². The van der Waals surface area contributed by atoms with Gasteiger partial charge in [-0.05, 0) is 38.6 Å². The van der Waals surface area contributed by atoms with Crippen molar-refractivity contribution in [2.45, 2.75) is 25.3 Å². The number of aromatic nitrogens is 2. The molecular weight excluding hydrogens is 624 g/mol. The van der Waals surface area contributed by atoms with E-state index in [-0.39, 0.29) is 96.5 Å². The first-order valence-electron chi connectivity index (χ1n) is 14.7. The van der Waals surface area contributed by atoms with Crippen molar-refractivity contribution in [2.24, 2.45) is 11.8 Å². The number of thiophene rings is 1. The Balaban J connectivity index is 1.51. The van der Waals surface area contributed by atoms with Gasteiger partial charge in [0, 0.05) is 49.0 Å². The number of rotatable bonds is 3. The van der Waals surface area contributed by atoms with Crippen molar-refractivity contribution in [2.75, 3.05) is 57.6 Å². The summed E-state index contributed by atoms with van der Waals surface area (Å²) < 4.78 is 44.5. The minimum atomic E-state index is -0.794. The molecule has 0 radical (unpaired) electrons. The largest absolute Gasteiger partial charge is 0.491 e. The van der Waals surface area contributed by atoms with Crippen LogP contribution in [0.2, 0.25) is 5.02 Å². The van der Waals surface area contributed by atoms with Gasteiger partial charge in [-0.3, -0.25) is 4.79 Å². The highest BCUT2D eigenvalue weighted by atomic mass is 35.5. The molecule has 0 spiro atoms. The van der Waals surface area contributed by atoms with Gasteiger partial charge in [-0.25, -0.2) is 8.78 Å². The number of amides is 1. The standard InChI is InChI=1S/C31H30ClF2N7O3S/c1-40(2)11-14-10-37-30(42)15-3-4-16-7-8-43-26-22-25(38-31(44-13-14)39-29(22)41(16)12-15)24(34)21(23(26)32)17-5-6-19(33)27-20(17)18(9-35)28(36)45-27/h5-6,14-16H,3-4,7-8,10-13,36H2,1-2H3,(H,37,42). The zero-order chi connectivity index (χ0) is 31.6. The van der Waals surface area contributed by atoms with Gasteiger partial charge in [0.1, 0.15) is 28.2 Å². The molecule has 3 aliphatic heterocycles. The van der Waals surface area contributed by atoms with Crippen LogP contribution in [0, 0.1) is 34.8 Å². The van der Waals surface area contributed by atoms with Crippen LogP contribution >= 0.6 is 22.9 Å². The molecule has 2 aromatic carbocycles. The van der Waals surface area contributed by atoms with E-state index in [1.54, 1.807) is 0 Å². The number of ether oxygens (including phenoxy) is 2. The molecule has 3 N–H and O–H groups in total. The summed E-state index contributed by atoms with van der Waals surface area (Å²) in [6.07, 6.45) is 2.04. The number of nitrogens with zero attached hydrogens (tertiary/aromatic N) is 5. The summed E-state index contributed by atoms with van der Waals surface area (Å²) in [5.41, 5.74) is 6.14. The van der Waals surface area contributed by atoms with Crippen LogP contribution in [-0.2, 0) is 4.79 Å². The summed E-state index contributed by atoms with van der Waals surface area (Å²) >= 11 is 7.93. The van der Waals surface area contributed by atoms with Gasteiger partial charge in [-0.15, -0.1) is 11.3 Å². The minimum Gasteiger partial charge on any atom is -0.491 e. The van der Waals surface area contributed by atoms with E-state index in [4.69, 9.17) is 31.8 Å². The Bertz CT molecular complexity index is 1910. The monoisotopic (exact) mass is 653 g/mol. The van der Waals surface area contributed by atoms with Crippen LogP contribution in [0.3, 0.4) is 0 Å². The molecule has 3 atom stereocenters. The Labute approximate surface area is 266 Å². The quantitative estimate of drug-likeness (QED) is 0.315. The minimum absolute atomic E-state index is 0.0113. The highest BCUT2D eigenvalue weighted by Crippen LogP contribution is 2.51. The van der Waals surface area contributed by atoms with Crippen LogP contribution in [0.5, 0.6) is 11.8 Å². The first kappa shape index (κ1) is 29.7. The Morgan fingerprint density at radius 3 is 2.82 bits per heavy atom. The van der Waals surface area contributed by atoms with E-state index in [0.29, 0.717) is 38.3 Å². The summed E-state index contributed by atoms with van der Waals surface area (Å²) in [6.45, 7) is 1.88. The molecule has 0 saturated carbocycles. The lowest BCUT2D eigenvalue weighted by atomic mass is 9.89. The van der Waals surface area contributed by atoms with E-state index in [1.165, 1.54) is 12.1 Å². The van der Waals surface area contributed by atoms with Crippen molar-refractivity contribution in [1.29, 1.82) is 5.26 Å². The number of nitrogens with two attached hydrogens (primary N) is 1. The van der Waals surface area contributed by atoms with Gasteiger partial charge in [-0.1, -0.05) is 17.7 Å². The predicted molar refractivity (Wildman–Crippen MR) is 169 cm³/mol. The average molecular weight is 654 g/mol. The van der Waals surface area contributed by atoms with Crippen LogP contribution in [0.15, 0.2) is 12.1 Å². The Morgan fingerprint density at radius 2 is 2.04 bits per heavy atom. The van der Waals surface area contributed by atoms with Crippen LogP contribution in [0.4, 0.5) is 19.6 Å². The molecule has 7 rings (SSSR count). The summed E-state index contributed by atoms with van der Waals surface area (Å²) in [5, 5.41) is 13.5. The van der Waals surface area contributed by atoms with Crippen molar-refractivity contribution >= 4 is 60.7 Å². The maximum absolute atomic E-state index is 17.1. The second kappa shape index (κ2) is 11.4. The molecule has 5 heterocycles. The number of nitrogens with one attached hydrogen (secondary N) is 1. The number of nitriles is 1. The number of anilines is 2. The highest BCUT2D eigenvalue weighted by molar-refractivity contribution is 7.23.